The summed E-state index contributed by atoms with van der Waals surface area (Å²) in [6, 6.07) is 7.97. The number of methoxy groups -OCH3 is 1. The molecule has 5 atom stereocenters. The third-order valence-corrected chi connectivity index (χ3v) is 17.8. The number of benzene rings is 1. The van der Waals surface area contributed by atoms with Crippen molar-refractivity contribution in [1.82, 2.24) is 0 Å². The van der Waals surface area contributed by atoms with Crippen molar-refractivity contribution in [3.63, 3.8) is 0 Å². The van der Waals surface area contributed by atoms with Gasteiger partial charge >= 0.3 is 0 Å². The highest BCUT2D eigenvalue weighted by Gasteiger charge is 2.44. The van der Waals surface area contributed by atoms with Crippen molar-refractivity contribution in [3.05, 3.63) is 29.8 Å². The van der Waals surface area contributed by atoms with Crippen LogP contribution in [0.5, 0.6) is 5.75 Å². The number of ether oxygens (including phenoxy) is 2. The Kier molecular flexibility index (Phi) is 12.6. The largest absolute Gasteiger partial charge is 0.497 e. The van der Waals surface area contributed by atoms with Gasteiger partial charge in [-0.1, -0.05) is 74.4 Å². The number of hydrogen-bond donors (Lipinski definition) is 1. The molecule has 1 rings (SSSR count). The number of rotatable bonds is 14. The van der Waals surface area contributed by atoms with Crippen molar-refractivity contribution in [3.8, 4) is 5.75 Å². The fourth-order valence-corrected chi connectivity index (χ4v) is 6.54. The number of aliphatic hydroxyl groups excluding tert-OH is 1. The van der Waals surface area contributed by atoms with Gasteiger partial charge in [-0.25, -0.2) is 0 Å². The van der Waals surface area contributed by atoms with E-state index in [0.29, 0.717) is 13.2 Å². The van der Waals surface area contributed by atoms with Gasteiger partial charge in [-0.15, -0.1) is 0 Å². The second-order valence-corrected chi connectivity index (χ2v) is 23.6. The Balaban J connectivity index is 3.24. The SMILES string of the molecule is COc1ccc(CO[C@H]([C@@H](C)[C@@H](O[Si](C)(C)C(C)(C)C)[C@H](C)CO[Si](C)(C)C(C)(C)C)[C@@H](C)CO)cc1. The van der Waals surface area contributed by atoms with Crippen molar-refractivity contribution in [2.75, 3.05) is 20.3 Å². The molecule has 0 spiro atoms. The van der Waals surface area contributed by atoms with Gasteiger partial charge in [0.2, 0.25) is 0 Å². The average molecular weight is 555 g/mol. The minimum atomic E-state index is -2.07. The fourth-order valence-electron chi connectivity index (χ4n) is 3.95. The predicted molar refractivity (Wildman–Crippen MR) is 161 cm³/mol. The maximum absolute atomic E-state index is 10.2. The zero-order valence-electron chi connectivity index (χ0n) is 26.4. The van der Waals surface area contributed by atoms with Crippen molar-refractivity contribution in [2.45, 2.75) is 117 Å². The van der Waals surface area contributed by atoms with E-state index in [1.54, 1.807) is 7.11 Å². The summed E-state index contributed by atoms with van der Waals surface area (Å²) in [5, 5.41) is 10.4. The lowest BCUT2D eigenvalue weighted by molar-refractivity contribution is -0.0848. The Labute approximate surface area is 230 Å². The molecule has 0 radical (unpaired) electrons. The van der Waals surface area contributed by atoms with Gasteiger partial charge in [-0.05, 0) is 54.0 Å². The van der Waals surface area contributed by atoms with Gasteiger partial charge in [0.1, 0.15) is 5.75 Å². The lowest BCUT2D eigenvalue weighted by Gasteiger charge is -2.46. The first-order chi connectivity index (χ1) is 16.8. The molecule has 0 bridgehead atoms. The van der Waals surface area contributed by atoms with E-state index < -0.39 is 16.6 Å². The maximum atomic E-state index is 10.2. The van der Waals surface area contributed by atoms with Gasteiger partial charge in [0, 0.05) is 31.0 Å². The zero-order valence-corrected chi connectivity index (χ0v) is 28.4. The molecule has 37 heavy (non-hydrogen) atoms. The molecule has 0 fully saturated rings. The quantitative estimate of drug-likeness (QED) is 0.237. The maximum Gasteiger partial charge on any atom is 0.192 e. The second-order valence-electron chi connectivity index (χ2n) is 14.0. The van der Waals surface area contributed by atoms with Gasteiger partial charge in [-0.3, -0.25) is 0 Å². The summed E-state index contributed by atoms with van der Waals surface area (Å²) in [5.41, 5.74) is 1.08. The molecule has 1 aromatic rings. The van der Waals surface area contributed by atoms with Crippen LogP contribution in [0, 0.1) is 17.8 Å². The highest BCUT2D eigenvalue weighted by atomic mass is 28.4. The molecule has 0 aliphatic carbocycles. The average Bonchev–Trinajstić information content (AvgIpc) is 2.79. The summed E-state index contributed by atoms with van der Waals surface area (Å²) in [7, 11) is -2.29. The lowest BCUT2D eigenvalue weighted by atomic mass is 9.84. The number of aliphatic hydroxyl groups is 1. The second kappa shape index (κ2) is 13.6. The lowest BCUT2D eigenvalue weighted by Crippen LogP contribution is -2.52. The Morgan fingerprint density at radius 1 is 0.784 bits per heavy atom. The van der Waals surface area contributed by atoms with Crippen molar-refractivity contribution < 1.29 is 23.4 Å². The van der Waals surface area contributed by atoms with Crippen molar-refractivity contribution in [2.24, 2.45) is 17.8 Å². The summed E-state index contributed by atoms with van der Waals surface area (Å²) in [6.45, 7) is 30.7. The van der Waals surface area contributed by atoms with Crippen LogP contribution in [0.3, 0.4) is 0 Å². The zero-order chi connectivity index (χ0) is 28.8. The van der Waals surface area contributed by atoms with E-state index in [0.717, 1.165) is 11.3 Å². The Bertz CT molecular complexity index is 796. The topological polar surface area (TPSA) is 57.2 Å². The van der Waals surface area contributed by atoms with Crippen LogP contribution < -0.4 is 4.74 Å². The van der Waals surface area contributed by atoms with E-state index in [4.69, 9.17) is 18.3 Å². The standard InChI is InChI=1S/C30H58O5Si2/c1-22(19-31)27(33-21-25-15-17-26(32-10)18-16-25)24(3)28(35-37(13,14)30(7,8)9)23(2)20-34-36(11,12)29(4,5)6/h15-18,22-24,27-28,31H,19-21H2,1-14H3/t22-,23+,24+,27-,28-/m0/s1. The summed E-state index contributed by atoms with van der Waals surface area (Å²) in [4.78, 5) is 0. The molecule has 216 valence electrons. The first kappa shape index (κ1) is 34.3. The number of hydrogen-bond acceptors (Lipinski definition) is 5. The highest BCUT2D eigenvalue weighted by Crippen LogP contribution is 2.41. The van der Waals surface area contributed by atoms with Gasteiger partial charge < -0.3 is 23.4 Å². The van der Waals surface area contributed by atoms with E-state index in [1.807, 2.05) is 24.3 Å². The van der Waals surface area contributed by atoms with E-state index in [1.165, 1.54) is 0 Å². The minimum Gasteiger partial charge on any atom is -0.497 e. The minimum absolute atomic E-state index is 0.0210. The normalized spacial score (nSPS) is 17.7. The molecule has 7 heteroatoms. The van der Waals surface area contributed by atoms with Gasteiger partial charge in [0.15, 0.2) is 16.6 Å². The molecule has 5 nitrogen and oxygen atoms in total. The van der Waals surface area contributed by atoms with E-state index in [9.17, 15) is 5.11 Å². The molecule has 1 aromatic carbocycles. The third-order valence-electron chi connectivity index (χ3n) is 8.80. The van der Waals surface area contributed by atoms with E-state index in [2.05, 4.69) is 88.5 Å². The first-order valence-corrected chi connectivity index (χ1v) is 19.8. The van der Waals surface area contributed by atoms with Crippen LogP contribution in [-0.2, 0) is 20.2 Å². The highest BCUT2D eigenvalue weighted by molar-refractivity contribution is 6.74. The van der Waals surface area contributed by atoms with Gasteiger partial charge in [-0.2, -0.15) is 0 Å². The molecule has 0 saturated carbocycles. The van der Waals surface area contributed by atoms with E-state index >= 15 is 0 Å². The van der Waals surface area contributed by atoms with Crippen molar-refractivity contribution >= 4 is 16.6 Å². The van der Waals surface area contributed by atoms with Gasteiger partial charge in [0.25, 0.3) is 0 Å². The fraction of sp³-hybridized carbons (Fsp3) is 0.800. The van der Waals surface area contributed by atoms with Crippen LogP contribution >= 0.6 is 0 Å². The Morgan fingerprint density at radius 2 is 1.30 bits per heavy atom. The summed E-state index contributed by atoms with van der Waals surface area (Å²) < 4.78 is 25.6. The van der Waals surface area contributed by atoms with Crippen LogP contribution in [0.1, 0.15) is 67.9 Å². The molecule has 0 aliphatic heterocycles. The predicted octanol–water partition coefficient (Wildman–Crippen LogP) is 7.89. The molecule has 0 aromatic heterocycles. The molecule has 0 aliphatic rings. The third kappa shape index (κ3) is 9.77. The van der Waals surface area contributed by atoms with Crippen LogP contribution in [0.25, 0.3) is 0 Å². The van der Waals surface area contributed by atoms with Crippen LogP contribution in [0.15, 0.2) is 24.3 Å². The van der Waals surface area contributed by atoms with Crippen LogP contribution in [0.2, 0.25) is 36.3 Å². The van der Waals surface area contributed by atoms with Crippen LogP contribution in [0.4, 0.5) is 0 Å². The molecule has 0 saturated heterocycles. The van der Waals surface area contributed by atoms with Crippen molar-refractivity contribution in [1.29, 1.82) is 0 Å². The Hall–Kier alpha value is -0.706. The van der Waals surface area contributed by atoms with Crippen LogP contribution in [-0.4, -0.2) is 54.3 Å². The smallest absolute Gasteiger partial charge is 0.192 e. The summed E-state index contributed by atoms with van der Waals surface area (Å²) in [5.74, 6) is 1.08. The van der Waals surface area contributed by atoms with Gasteiger partial charge in [0.05, 0.1) is 25.9 Å². The molecule has 0 heterocycles. The van der Waals surface area contributed by atoms with E-state index in [-0.39, 0.29) is 46.6 Å². The summed E-state index contributed by atoms with van der Waals surface area (Å²) >= 11 is 0. The molecule has 1 N–H and O–H groups in total. The monoisotopic (exact) mass is 554 g/mol. The summed E-state index contributed by atoms with van der Waals surface area (Å²) in [6.07, 6.45) is -0.197. The Morgan fingerprint density at radius 3 is 1.73 bits per heavy atom. The first-order valence-electron chi connectivity index (χ1n) is 13.9. The molecular weight excluding hydrogens is 496 g/mol. The molecule has 0 unspecified atom stereocenters. The molecular formula is C30H58O5Si2. The molecule has 0 amide bonds.